The molecule has 5 N–H and O–H groups in total. The van der Waals surface area contributed by atoms with E-state index in [-0.39, 0.29) is 0 Å². The summed E-state index contributed by atoms with van der Waals surface area (Å²) in [5.74, 6) is -0.0223. The summed E-state index contributed by atoms with van der Waals surface area (Å²) in [6.07, 6.45) is 5.40. The lowest BCUT2D eigenvalue weighted by Crippen LogP contribution is -2.51. The highest BCUT2D eigenvalue weighted by Gasteiger charge is 2.26. The van der Waals surface area contributed by atoms with Gasteiger partial charge in [0, 0.05) is 22.6 Å². The monoisotopic (exact) mass is 373 g/mol. The first-order valence-electron chi connectivity index (χ1n) is 8.37. The van der Waals surface area contributed by atoms with E-state index in [0.29, 0.717) is 28.9 Å². The molecule has 5 nitrogen and oxygen atoms in total. The number of hydrogen-bond donors (Lipinski definition) is 4. The first kappa shape index (κ1) is 19.5. The van der Waals surface area contributed by atoms with Crippen LogP contribution in [0, 0.1) is 5.92 Å². The summed E-state index contributed by atoms with van der Waals surface area (Å²) in [6.45, 7) is 0.301. The van der Waals surface area contributed by atoms with E-state index in [9.17, 15) is 9.90 Å². The minimum absolute atomic E-state index is 0.301. The molecule has 2 unspecified atom stereocenters. The Kier molecular flexibility index (Phi) is 7.78. The van der Waals surface area contributed by atoms with Crippen molar-refractivity contribution < 1.29 is 9.90 Å². The van der Waals surface area contributed by atoms with E-state index in [4.69, 9.17) is 28.9 Å². The molecule has 1 aliphatic carbocycles. The molecule has 0 spiro atoms. The van der Waals surface area contributed by atoms with Gasteiger partial charge in [-0.25, -0.2) is 5.43 Å². The summed E-state index contributed by atoms with van der Waals surface area (Å²) in [4.78, 5) is 12.0. The van der Waals surface area contributed by atoms with Gasteiger partial charge in [-0.05, 0) is 36.1 Å². The normalized spacial score (nSPS) is 18.2. The zero-order valence-corrected chi connectivity index (χ0v) is 15.1. The molecule has 7 heteroatoms. The zero-order valence-electron chi connectivity index (χ0n) is 13.6. The van der Waals surface area contributed by atoms with Gasteiger partial charge in [-0.2, -0.15) is 0 Å². The topological polar surface area (TPSA) is 87.4 Å². The van der Waals surface area contributed by atoms with Crippen LogP contribution in [-0.2, 0) is 11.3 Å². The van der Waals surface area contributed by atoms with Crippen molar-refractivity contribution in [1.29, 1.82) is 0 Å². The molecule has 0 radical (unpaired) electrons. The van der Waals surface area contributed by atoms with Gasteiger partial charge in [-0.15, -0.1) is 0 Å². The van der Waals surface area contributed by atoms with Gasteiger partial charge in [-0.1, -0.05) is 55.3 Å². The van der Waals surface area contributed by atoms with E-state index in [1.807, 2.05) is 0 Å². The Balaban J connectivity index is 1.75. The smallest absolute Gasteiger partial charge is 0.264 e. The van der Waals surface area contributed by atoms with Crippen LogP contribution in [0.1, 0.15) is 44.1 Å². The highest BCUT2D eigenvalue weighted by atomic mass is 35.5. The van der Waals surface area contributed by atoms with Gasteiger partial charge in [-0.3, -0.25) is 10.2 Å². The van der Waals surface area contributed by atoms with Crippen molar-refractivity contribution in [3.63, 3.8) is 0 Å². The number of rotatable bonds is 7. The number of carbonyl (C=O) groups is 1. The summed E-state index contributed by atoms with van der Waals surface area (Å²) in [5.41, 5.74) is 12.0. The van der Waals surface area contributed by atoms with Crippen LogP contribution in [0.25, 0.3) is 0 Å². The molecule has 0 aromatic heterocycles. The summed E-state index contributed by atoms with van der Waals surface area (Å²) in [5, 5.41) is 11.2. The van der Waals surface area contributed by atoms with E-state index in [2.05, 4.69) is 10.9 Å². The quantitative estimate of drug-likeness (QED) is 0.553. The second-order valence-electron chi connectivity index (χ2n) is 6.43. The number of hydrogen-bond acceptors (Lipinski definition) is 4. The van der Waals surface area contributed by atoms with E-state index in [1.165, 1.54) is 19.3 Å². The van der Waals surface area contributed by atoms with E-state index in [1.54, 1.807) is 18.2 Å². The molecule has 0 heterocycles. The number of nitrogens with one attached hydrogen (secondary N) is 2. The van der Waals surface area contributed by atoms with Gasteiger partial charge < -0.3 is 10.8 Å². The third kappa shape index (κ3) is 5.90. The lowest BCUT2D eigenvalue weighted by molar-refractivity contribution is -0.131. The second-order valence-corrected chi connectivity index (χ2v) is 7.27. The van der Waals surface area contributed by atoms with Crippen molar-refractivity contribution in [2.75, 3.05) is 0 Å². The van der Waals surface area contributed by atoms with Gasteiger partial charge in [0.05, 0.1) is 0 Å². The Morgan fingerprint density at radius 2 is 2.00 bits per heavy atom. The van der Waals surface area contributed by atoms with Crippen LogP contribution in [0.2, 0.25) is 10.0 Å². The third-order valence-electron chi connectivity index (χ3n) is 4.50. The minimum Gasteiger partial charge on any atom is -0.382 e. The fourth-order valence-electron chi connectivity index (χ4n) is 3.11. The number of aliphatic hydroxyl groups is 1. The number of hydrazine groups is 1. The zero-order chi connectivity index (χ0) is 17.5. The maximum Gasteiger partial charge on any atom is 0.264 e. The average molecular weight is 374 g/mol. The van der Waals surface area contributed by atoms with Crippen LogP contribution in [0.3, 0.4) is 0 Å². The van der Waals surface area contributed by atoms with E-state index < -0.39 is 18.1 Å². The Labute approximate surface area is 152 Å². The van der Waals surface area contributed by atoms with Gasteiger partial charge in [0.2, 0.25) is 0 Å². The molecule has 1 aromatic carbocycles. The van der Waals surface area contributed by atoms with Crippen LogP contribution < -0.4 is 16.6 Å². The SMILES string of the molecule is NC(CC1CCCCC1)C(O)C(=O)NNCc1cc(Cl)ccc1Cl. The summed E-state index contributed by atoms with van der Waals surface area (Å²) < 4.78 is 0. The lowest BCUT2D eigenvalue weighted by atomic mass is 9.84. The Bertz CT molecular complexity index is 551. The molecule has 24 heavy (non-hydrogen) atoms. The number of halogens is 2. The maximum atomic E-state index is 12.0. The highest BCUT2D eigenvalue weighted by molar-refractivity contribution is 6.33. The van der Waals surface area contributed by atoms with Crippen molar-refractivity contribution in [1.82, 2.24) is 10.9 Å². The maximum absolute atomic E-state index is 12.0. The molecule has 1 aromatic rings. The average Bonchev–Trinajstić information content (AvgIpc) is 2.58. The molecule has 2 atom stereocenters. The molecule has 1 saturated carbocycles. The summed E-state index contributed by atoms with van der Waals surface area (Å²) >= 11 is 12.0. The second kappa shape index (κ2) is 9.59. The van der Waals surface area contributed by atoms with Crippen LogP contribution >= 0.6 is 23.2 Å². The molecule has 1 amide bonds. The van der Waals surface area contributed by atoms with Crippen LogP contribution in [0.15, 0.2) is 18.2 Å². The predicted octanol–water partition coefficient (Wildman–Crippen LogP) is 2.77. The van der Waals surface area contributed by atoms with Crippen LogP contribution in [-0.4, -0.2) is 23.2 Å². The molecule has 0 bridgehead atoms. The Hall–Kier alpha value is -0.850. The fraction of sp³-hybridized carbons (Fsp3) is 0.588. The number of benzene rings is 1. The van der Waals surface area contributed by atoms with Crippen molar-refractivity contribution in [2.45, 2.75) is 57.2 Å². The molecule has 0 saturated heterocycles. The highest BCUT2D eigenvalue weighted by Crippen LogP contribution is 2.27. The van der Waals surface area contributed by atoms with Gasteiger partial charge in [0.1, 0.15) is 6.10 Å². The standard InChI is InChI=1S/C17H25Cl2N3O2/c18-13-6-7-14(19)12(9-13)10-21-22-17(24)16(23)15(20)8-11-4-2-1-3-5-11/h6-7,9,11,15-16,21,23H,1-5,8,10,20H2,(H,22,24). The van der Waals surface area contributed by atoms with Crippen molar-refractivity contribution in [3.05, 3.63) is 33.8 Å². The van der Waals surface area contributed by atoms with Gasteiger partial charge >= 0.3 is 0 Å². The molecule has 134 valence electrons. The number of aliphatic hydroxyl groups excluding tert-OH is 1. The molecule has 1 aliphatic rings. The van der Waals surface area contributed by atoms with Crippen molar-refractivity contribution >= 4 is 29.1 Å². The summed E-state index contributed by atoms with van der Waals surface area (Å²) in [6, 6.07) is 4.55. The fourth-order valence-corrected chi connectivity index (χ4v) is 3.49. The molecule has 1 fully saturated rings. The van der Waals surface area contributed by atoms with Crippen molar-refractivity contribution in [3.8, 4) is 0 Å². The molecular formula is C17H25Cl2N3O2. The van der Waals surface area contributed by atoms with Crippen LogP contribution in [0.5, 0.6) is 0 Å². The van der Waals surface area contributed by atoms with Gasteiger partial charge in [0.25, 0.3) is 5.91 Å². The first-order chi connectivity index (χ1) is 11.5. The van der Waals surface area contributed by atoms with E-state index in [0.717, 1.165) is 18.4 Å². The first-order valence-corrected chi connectivity index (χ1v) is 9.13. The minimum atomic E-state index is -1.23. The van der Waals surface area contributed by atoms with E-state index >= 15 is 0 Å². The Morgan fingerprint density at radius 3 is 2.71 bits per heavy atom. The molecule has 2 rings (SSSR count). The van der Waals surface area contributed by atoms with Gasteiger partial charge in [0.15, 0.2) is 0 Å². The molecule has 0 aliphatic heterocycles. The molecular weight excluding hydrogens is 349 g/mol. The predicted molar refractivity (Wildman–Crippen MR) is 96.6 cm³/mol. The largest absolute Gasteiger partial charge is 0.382 e. The number of nitrogens with two attached hydrogens (primary N) is 1. The van der Waals surface area contributed by atoms with Crippen LogP contribution in [0.4, 0.5) is 0 Å². The summed E-state index contributed by atoms with van der Waals surface area (Å²) in [7, 11) is 0. The van der Waals surface area contributed by atoms with Crippen molar-refractivity contribution in [2.24, 2.45) is 11.7 Å². The number of amides is 1. The lowest BCUT2D eigenvalue weighted by Gasteiger charge is -2.26. The Morgan fingerprint density at radius 1 is 1.29 bits per heavy atom. The third-order valence-corrected chi connectivity index (χ3v) is 5.11. The number of carbonyl (C=O) groups excluding carboxylic acids is 1.